The molecule has 1 aromatic rings. The molecule has 2 N–H and O–H groups in total. The molecule has 0 spiro atoms. The third kappa shape index (κ3) is 5.26. The Morgan fingerprint density at radius 3 is 2.70 bits per heavy atom. The molecule has 1 rings (SSSR count). The van der Waals surface area contributed by atoms with Crippen molar-refractivity contribution in [2.24, 2.45) is 5.92 Å². The first-order valence-corrected chi connectivity index (χ1v) is 6.64. The van der Waals surface area contributed by atoms with Crippen LogP contribution in [0.1, 0.15) is 26.3 Å². The van der Waals surface area contributed by atoms with Crippen LogP contribution in [0.4, 0.5) is 4.79 Å². The number of nitrogens with one attached hydrogen (secondary N) is 2. The van der Waals surface area contributed by atoms with Crippen molar-refractivity contribution in [3.05, 3.63) is 30.1 Å². The van der Waals surface area contributed by atoms with Crippen molar-refractivity contribution in [2.75, 3.05) is 6.61 Å². The molecule has 6 nitrogen and oxygen atoms in total. The van der Waals surface area contributed by atoms with Crippen LogP contribution in [-0.4, -0.2) is 29.6 Å². The van der Waals surface area contributed by atoms with Crippen LogP contribution in [0, 0.1) is 5.92 Å². The number of alkyl carbamates (subject to hydrolysis) is 1. The second-order valence-corrected chi connectivity index (χ2v) is 4.67. The summed E-state index contributed by atoms with van der Waals surface area (Å²) in [4.78, 5) is 27.5. The minimum Gasteiger partial charge on any atom is -0.450 e. The summed E-state index contributed by atoms with van der Waals surface area (Å²) in [5, 5.41) is 5.34. The molecule has 0 saturated heterocycles. The number of hydrogen-bond donors (Lipinski definition) is 2. The maximum Gasteiger partial charge on any atom is 0.407 e. The van der Waals surface area contributed by atoms with Gasteiger partial charge in [0.25, 0.3) is 0 Å². The normalized spacial score (nSPS) is 11.8. The summed E-state index contributed by atoms with van der Waals surface area (Å²) >= 11 is 0. The van der Waals surface area contributed by atoms with Crippen LogP contribution in [0.5, 0.6) is 0 Å². The number of nitrogens with zero attached hydrogens (tertiary/aromatic N) is 1. The maximum absolute atomic E-state index is 12.1. The van der Waals surface area contributed by atoms with Crippen LogP contribution < -0.4 is 10.6 Å². The molecular formula is C14H21N3O3. The van der Waals surface area contributed by atoms with E-state index in [2.05, 4.69) is 15.6 Å². The monoisotopic (exact) mass is 279 g/mol. The number of amides is 2. The lowest BCUT2D eigenvalue weighted by atomic mass is 10.0. The van der Waals surface area contributed by atoms with Gasteiger partial charge in [-0.25, -0.2) is 4.79 Å². The molecule has 0 fully saturated rings. The fourth-order valence-electron chi connectivity index (χ4n) is 1.64. The summed E-state index contributed by atoms with van der Waals surface area (Å²) in [6.45, 7) is 6.09. The van der Waals surface area contributed by atoms with Crippen LogP contribution in [-0.2, 0) is 16.1 Å². The molecule has 1 atom stereocenters. The van der Waals surface area contributed by atoms with E-state index >= 15 is 0 Å². The minimum atomic E-state index is -0.620. The van der Waals surface area contributed by atoms with Gasteiger partial charge in [0.05, 0.1) is 6.61 Å². The van der Waals surface area contributed by atoms with Crippen molar-refractivity contribution in [1.82, 2.24) is 15.6 Å². The van der Waals surface area contributed by atoms with E-state index in [1.165, 1.54) is 0 Å². The molecule has 0 radical (unpaired) electrons. The van der Waals surface area contributed by atoms with E-state index in [4.69, 9.17) is 4.74 Å². The fraction of sp³-hybridized carbons (Fsp3) is 0.500. The SMILES string of the molecule is CCOC(=O)NC(C(=O)NCc1cccnc1)C(C)C. The van der Waals surface area contributed by atoms with E-state index < -0.39 is 12.1 Å². The average Bonchev–Trinajstić information content (AvgIpc) is 2.43. The van der Waals surface area contributed by atoms with Crippen molar-refractivity contribution >= 4 is 12.0 Å². The first kappa shape index (κ1) is 15.9. The Morgan fingerprint density at radius 1 is 1.40 bits per heavy atom. The third-order valence-corrected chi connectivity index (χ3v) is 2.69. The summed E-state index contributed by atoms with van der Waals surface area (Å²) in [7, 11) is 0. The Labute approximate surface area is 118 Å². The van der Waals surface area contributed by atoms with Crippen molar-refractivity contribution in [3.8, 4) is 0 Å². The van der Waals surface area contributed by atoms with E-state index in [-0.39, 0.29) is 18.4 Å². The van der Waals surface area contributed by atoms with Crippen molar-refractivity contribution in [1.29, 1.82) is 0 Å². The predicted octanol–water partition coefficient (Wildman–Crippen LogP) is 1.47. The van der Waals surface area contributed by atoms with Crippen LogP contribution >= 0.6 is 0 Å². The zero-order valence-electron chi connectivity index (χ0n) is 12.1. The molecule has 6 heteroatoms. The molecule has 0 saturated carbocycles. The molecule has 0 aliphatic heterocycles. The molecule has 1 aromatic heterocycles. The van der Waals surface area contributed by atoms with Gasteiger partial charge in [0.15, 0.2) is 0 Å². The molecule has 1 unspecified atom stereocenters. The predicted molar refractivity (Wildman–Crippen MR) is 74.9 cm³/mol. The van der Waals surface area contributed by atoms with Crippen LogP contribution in [0.15, 0.2) is 24.5 Å². The summed E-state index contributed by atoms with van der Waals surface area (Å²) in [6.07, 6.45) is 2.77. The van der Waals surface area contributed by atoms with Crippen molar-refractivity contribution in [2.45, 2.75) is 33.4 Å². The van der Waals surface area contributed by atoms with E-state index in [9.17, 15) is 9.59 Å². The van der Waals surface area contributed by atoms with E-state index in [0.29, 0.717) is 6.54 Å². The topological polar surface area (TPSA) is 80.3 Å². The van der Waals surface area contributed by atoms with Gasteiger partial charge in [0.2, 0.25) is 5.91 Å². The third-order valence-electron chi connectivity index (χ3n) is 2.69. The lowest BCUT2D eigenvalue weighted by molar-refractivity contribution is -0.124. The second kappa shape index (κ2) is 8.14. The Hall–Kier alpha value is -2.11. The number of hydrogen-bond acceptors (Lipinski definition) is 4. The van der Waals surface area contributed by atoms with Gasteiger partial charge in [-0.2, -0.15) is 0 Å². The zero-order chi connectivity index (χ0) is 15.0. The van der Waals surface area contributed by atoms with Gasteiger partial charge < -0.3 is 15.4 Å². The van der Waals surface area contributed by atoms with Gasteiger partial charge in [-0.1, -0.05) is 19.9 Å². The highest BCUT2D eigenvalue weighted by Crippen LogP contribution is 2.03. The highest BCUT2D eigenvalue weighted by molar-refractivity contribution is 5.85. The highest BCUT2D eigenvalue weighted by Gasteiger charge is 2.24. The highest BCUT2D eigenvalue weighted by atomic mass is 16.5. The quantitative estimate of drug-likeness (QED) is 0.826. The van der Waals surface area contributed by atoms with E-state index in [1.54, 1.807) is 25.4 Å². The first-order valence-electron chi connectivity index (χ1n) is 6.64. The lowest BCUT2D eigenvalue weighted by Crippen LogP contribution is -2.49. The van der Waals surface area contributed by atoms with Crippen LogP contribution in [0.2, 0.25) is 0 Å². The Morgan fingerprint density at radius 2 is 2.15 bits per heavy atom. The van der Waals surface area contributed by atoms with Gasteiger partial charge >= 0.3 is 6.09 Å². The molecular weight excluding hydrogens is 258 g/mol. The molecule has 0 aliphatic carbocycles. The molecule has 110 valence electrons. The molecule has 0 aromatic carbocycles. The van der Waals surface area contributed by atoms with Crippen LogP contribution in [0.25, 0.3) is 0 Å². The number of ether oxygens (including phenoxy) is 1. The van der Waals surface area contributed by atoms with E-state index in [1.807, 2.05) is 19.9 Å². The van der Waals surface area contributed by atoms with Crippen LogP contribution in [0.3, 0.4) is 0 Å². The van der Waals surface area contributed by atoms with Gasteiger partial charge in [-0.3, -0.25) is 9.78 Å². The minimum absolute atomic E-state index is 0.0340. The Kier molecular flexibility index (Phi) is 6.49. The number of carbonyl (C=O) groups is 2. The van der Waals surface area contributed by atoms with Gasteiger partial charge in [0.1, 0.15) is 6.04 Å². The van der Waals surface area contributed by atoms with Gasteiger partial charge in [-0.15, -0.1) is 0 Å². The number of pyridine rings is 1. The summed E-state index contributed by atoms with van der Waals surface area (Å²) < 4.78 is 4.80. The van der Waals surface area contributed by atoms with Gasteiger partial charge in [-0.05, 0) is 24.5 Å². The molecule has 20 heavy (non-hydrogen) atoms. The second-order valence-electron chi connectivity index (χ2n) is 4.67. The lowest BCUT2D eigenvalue weighted by Gasteiger charge is -2.21. The van der Waals surface area contributed by atoms with Gasteiger partial charge in [0, 0.05) is 18.9 Å². The summed E-state index contributed by atoms with van der Waals surface area (Å²) in [5.41, 5.74) is 0.902. The maximum atomic E-state index is 12.1. The number of aromatic nitrogens is 1. The Bertz CT molecular complexity index is 435. The molecule has 0 bridgehead atoms. The van der Waals surface area contributed by atoms with Crippen molar-refractivity contribution < 1.29 is 14.3 Å². The fourth-order valence-corrected chi connectivity index (χ4v) is 1.64. The molecule has 0 aliphatic rings. The summed E-state index contributed by atoms with van der Waals surface area (Å²) in [6, 6.07) is 3.06. The molecule has 2 amide bonds. The average molecular weight is 279 g/mol. The van der Waals surface area contributed by atoms with E-state index in [0.717, 1.165) is 5.56 Å². The number of carbonyl (C=O) groups excluding carboxylic acids is 2. The zero-order valence-corrected chi connectivity index (χ0v) is 12.1. The first-order chi connectivity index (χ1) is 9.54. The number of rotatable bonds is 6. The Balaban J connectivity index is 2.54. The largest absolute Gasteiger partial charge is 0.450 e. The van der Waals surface area contributed by atoms with Crippen molar-refractivity contribution in [3.63, 3.8) is 0 Å². The smallest absolute Gasteiger partial charge is 0.407 e. The summed E-state index contributed by atoms with van der Waals surface area (Å²) in [5.74, 6) is -0.273. The molecule has 1 heterocycles. The standard InChI is InChI=1S/C14H21N3O3/c1-4-20-14(19)17-12(10(2)3)13(18)16-9-11-6-5-7-15-8-11/h5-8,10,12H,4,9H2,1-3H3,(H,16,18)(H,17,19).